The van der Waals surface area contributed by atoms with E-state index in [0.29, 0.717) is 32.7 Å². The molecule has 0 spiro atoms. The van der Waals surface area contributed by atoms with Crippen molar-refractivity contribution in [2.45, 2.75) is 44.9 Å². The predicted molar refractivity (Wildman–Crippen MR) is 149 cm³/mol. The summed E-state index contributed by atoms with van der Waals surface area (Å²) < 4.78 is 0. The Balaban J connectivity index is 1.88. The van der Waals surface area contributed by atoms with Crippen LogP contribution in [0.5, 0.6) is 0 Å². The molecule has 0 heterocycles. The van der Waals surface area contributed by atoms with Crippen molar-refractivity contribution in [1.82, 2.24) is 5.32 Å². The Kier molecular flexibility index (Phi) is 10.2. The van der Waals surface area contributed by atoms with Crippen LogP contribution >= 0.6 is 23.2 Å². The molecule has 0 radical (unpaired) electrons. The normalized spacial score (nSPS) is 12.4. The third kappa shape index (κ3) is 7.76. The molecule has 1 amide bonds. The molecule has 6 nitrogen and oxygen atoms in total. The first kappa shape index (κ1) is 29.1. The largest absolute Gasteiger partial charge is 0.481 e. The van der Waals surface area contributed by atoms with Gasteiger partial charge in [-0.05, 0) is 53.8 Å². The van der Waals surface area contributed by atoms with Crippen molar-refractivity contribution >= 4 is 46.6 Å². The van der Waals surface area contributed by atoms with E-state index in [2.05, 4.69) is 19.2 Å². The Bertz CT molecular complexity index is 1300. The van der Waals surface area contributed by atoms with E-state index in [-0.39, 0.29) is 36.5 Å². The summed E-state index contributed by atoms with van der Waals surface area (Å²) in [5.41, 5.74) is 2.79. The maximum absolute atomic E-state index is 13.6. The molecule has 0 aromatic heterocycles. The first-order valence-corrected chi connectivity index (χ1v) is 13.1. The fourth-order valence-corrected chi connectivity index (χ4v) is 4.57. The van der Waals surface area contributed by atoms with Gasteiger partial charge in [-0.25, -0.2) is 0 Å². The van der Waals surface area contributed by atoms with Gasteiger partial charge < -0.3 is 10.4 Å². The fraction of sp³-hybridized carbons (Fsp3) is 0.267. The molecule has 2 unspecified atom stereocenters. The van der Waals surface area contributed by atoms with Crippen molar-refractivity contribution in [2.75, 3.05) is 6.54 Å². The summed E-state index contributed by atoms with van der Waals surface area (Å²) in [6, 6.07) is 18.3. The summed E-state index contributed by atoms with van der Waals surface area (Å²) in [6.07, 6.45) is 0.707. The van der Waals surface area contributed by atoms with Gasteiger partial charge >= 0.3 is 5.97 Å². The number of hydrogen-bond donors (Lipinski definition) is 2. The van der Waals surface area contributed by atoms with Gasteiger partial charge in [-0.1, -0.05) is 73.4 Å². The summed E-state index contributed by atoms with van der Waals surface area (Å²) in [6.45, 7) is 4.22. The van der Waals surface area contributed by atoms with Gasteiger partial charge in [0.25, 0.3) is 5.91 Å². The lowest BCUT2D eigenvalue weighted by molar-refractivity contribution is -0.136. The number of aliphatic carboxylic acids is 1. The molecule has 2 N–H and O–H groups in total. The van der Waals surface area contributed by atoms with E-state index in [9.17, 15) is 19.2 Å². The molecule has 3 aromatic carbocycles. The van der Waals surface area contributed by atoms with Crippen LogP contribution in [0.4, 0.5) is 0 Å². The Hall–Kier alpha value is -3.48. The van der Waals surface area contributed by atoms with E-state index < -0.39 is 17.8 Å². The van der Waals surface area contributed by atoms with Crippen molar-refractivity contribution in [3.8, 4) is 0 Å². The second-order valence-corrected chi connectivity index (χ2v) is 10.0. The van der Waals surface area contributed by atoms with E-state index in [1.54, 1.807) is 36.4 Å². The van der Waals surface area contributed by atoms with E-state index in [1.165, 1.54) is 18.2 Å². The zero-order valence-corrected chi connectivity index (χ0v) is 22.7. The molecule has 198 valence electrons. The number of Topliss-reactive ketones (excluding diaryl/α,β-unsaturated/α-hetero) is 2. The molecule has 0 aliphatic carbocycles. The lowest BCUT2D eigenvalue weighted by atomic mass is 9.84. The fourth-order valence-electron chi connectivity index (χ4n) is 4.05. The number of ketones is 2. The average Bonchev–Trinajstić information content (AvgIpc) is 2.90. The molecular weight excluding hydrogens is 525 g/mol. The van der Waals surface area contributed by atoms with Gasteiger partial charge in [-0.3, -0.25) is 19.2 Å². The van der Waals surface area contributed by atoms with Crippen molar-refractivity contribution in [3.63, 3.8) is 0 Å². The average molecular weight is 554 g/mol. The van der Waals surface area contributed by atoms with Gasteiger partial charge in [-0.15, -0.1) is 0 Å². The smallest absolute Gasteiger partial charge is 0.305 e. The van der Waals surface area contributed by atoms with E-state index in [1.807, 2.05) is 12.1 Å². The summed E-state index contributed by atoms with van der Waals surface area (Å²) in [7, 11) is 0. The first-order chi connectivity index (χ1) is 18.1. The number of carbonyl (C=O) groups excluding carboxylic acids is 3. The van der Waals surface area contributed by atoms with Gasteiger partial charge in [0.1, 0.15) is 0 Å². The maximum Gasteiger partial charge on any atom is 0.305 e. The van der Waals surface area contributed by atoms with Crippen LogP contribution in [0.25, 0.3) is 0 Å². The number of carboxylic acid groups (broad SMARTS) is 1. The zero-order chi connectivity index (χ0) is 27.8. The van der Waals surface area contributed by atoms with Gasteiger partial charge in [0, 0.05) is 39.7 Å². The molecule has 0 saturated carbocycles. The summed E-state index contributed by atoms with van der Waals surface area (Å²) in [5, 5.41) is 11.9. The highest BCUT2D eigenvalue weighted by atomic mass is 35.5. The van der Waals surface area contributed by atoms with Crippen LogP contribution in [-0.2, 0) is 4.79 Å². The van der Waals surface area contributed by atoms with Crippen LogP contribution in [-0.4, -0.2) is 35.1 Å². The molecule has 0 bridgehead atoms. The molecule has 0 saturated heterocycles. The number of hydrogen-bond acceptors (Lipinski definition) is 4. The highest BCUT2D eigenvalue weighted by Crippen LogP contribution is 2.30. The van der Waals surface area contributed by atoms with Crippen LogP contribution < -0.4 is 5.32 Å². The second kappa shape index (κ2) is 13.4. The second-order valence-electron chi connectivity index (χ2n) is 9.16. The molecule has 0 aliphatic heterocycles. The van der Waals surface area contributed by atoms with Crippen LogP contribution in [0, 0.1) is 0 Å². The highest BCUT2D eigenvalue weighted by molar-refractivity contribution is 6.35. The van der Waals surface area contributed by atoms with E-state index in [0.717, 1.165) is 12.0 Å². The quantitative estimate of drug-likeness (QED) is 0.236. The van der Waals surface area contributed by atoms with Crippen molar-refractivity contribution in [2.24, 2.45) is 0 Å². The number of carboxylic acids is 1. The lowest BCUT2D eigenvalue weighted by Crippen LogP contribution is -2.26. The molecule has 0 fully saturated rings. The predicted octanol–water partition coefficient (Wildman–Crippen LogP) is 6.95. The zero-order valence-electron chi connectivity index (χ0n) is 21.2. The number of carbonyl (C=O) groups is 4. The monoisotopic (exact) mass is 553 g/mol. The Morgan fingerprint density at radius 1 is 0.816 bits per heavy atom. The minimum absolute atomic E-state index is 0.00309. The number of halogens is 2. The minimum Gasteiger partial charge on any atom is -0.481 e. The Morgan fingerprint density at radius 2 is 1.37 bits per heavy atom. The third-order valence-electron chi connectivity index (χ3n) is 6.47. The van der Waals surface area contributed by atoms with Gasteiger partial charge in [0.05, 0.1) is 12.3 Å². The van der Waals surface area contributed by atoms with Crippen molar-refractivity contribution < 1.29 is 24.3 Å². The number of nitrogens with one attached hydrogen (secondary N) is 1. The van der Waals surface area contributed by atoms with Crippen LogP contribution in [0.1, 0.15) is 87.1 Å². The summed E-state index contributed by atoms with van der Waals surface area (Å²) in [5.74, 6) is -2.42. The SMILES string of the molecule is CCC(C)c1ccc(C(=O)CC(C(=O)c2cc(Cl)cc(Cl)c2)c2ccc(C(=O)NCCC(=O)O)cc2)cc1. The van der Waals surface area contributed by atoms with Crippen LogP contribution in [0.2, 0.25) is 10.0 Å². The van der Waals surface area contributed by atoms with Crippen molar-refractivity contribution in [3.05, 3.63) is 105 Å². The maximum atomic E-state index is 13.6. The summed E-state index contributed by atoms with van der Waals surface area (Å²) >= 11 is 12.3. The van der Waals surface area contributed by atoms with Gasteiger partial charge in [-0.2, -0.15) is 0 Å². The first-order valence-electron chi connectivity index (χ1n) is 12.3. The number of benzene rings is 3. The molecular formula is C30H29Cl2NO5. The Morgan fingerprint density at radius 3 is 1.92 bits per heavy atom. The van der Waals surface area contributed by atoms with Gasteiger partial charge in [0.2, 0.25) is 0 Å². The molecule has 3 aromatic rings. The molecule has 8 heteroatoms. The van der Waals surface area contributed by atoms with E-state index >= 15 is 0 Å². The molecule has 2 atom stereocenters. The van der Waals surface area contributed by atoms with Crippen LogP contribution in [0.15, 0.2) is 66.7 Å². The van der Waals surface area contributed by atoms with E-state index in [4.69, 9.17) is 28.3 Å². The van der Waals surface area contributed by atoms with Gasteiger partial charge in [0.15, 0.2) is 11.6 Å². The molecule has 38 heavy (non-hydrogen) atoms. The molecule has 0 aliphatic rings. The molecule has 3 rings (SSSR count). The lowest BCUT2D eigenvalue weighted by Gasteiger charge is -2.17. The topological polar surface area (TPSA) is 101 Å². The van der Waals surface area contributed by atoms with Crippen molar-refractivity contribution in [1.29, 1.82) is 0 Å². The number of amides is 1. The number of rotatable bonds is 12. The summed E-state index contributed by atoms with van der Waals surface area (Å²) in [4.78, 5) is 49.9. The standard InChI is InChI=1S/C30H29Cl2NO5/c1-3-18(2)19-4-8-21(9-5-19)27(34)17-26(29(37)23-14-24(31)16-25(32)15-23)20-6-10-22(11-7-20)30(38)33-13-12-28(35)36/h4-11,14-16,18,26H,3,12-13,17H2,1-2H3,(H,33,38)(H,35,36). The Labute approximate surface area is 232 Å². The van der Waals surface area contributed by atoms with Crippen LogP contribution in [0.3, 0.4) is 0 Å². The third-order valence-corrected chi connectivity index (χ3v) is 6.90. The minimum atomic E-state index is -1.01. The highest BCUT2D eigenvalue weighted by Gasteiger charge is 2.26.